The van der Waals surface area contributed by atoms with Crippen molar-refractivity contribution in [3.63, 3.8) is 0 Å². The van der Waals surface area contributed by atoms with Gasteiger partial charge >= 0.3 is 12.1 Å². The Bertz CT molecular complexity index is 1140. The van der Waals surface area contributed by atoms with Crippen LogP contribution in [0.4, 0.5) is 13.2 Å². The van der Waals surface area contributed by atoms with Gasteiger partial charge in [-0.05, 0) is 55.1 Å². The van der Waals surface area contributed by atoms with Crippen LogP contribution in [0, 0.1) is 0 Å². The number of nitrogens with zero attached hydrogens (tertiary/aromatic N) is 2. The predicted molar refractivity (Wildman–Crippen MR) is 113 cm³/mol. The summed E-state index contributed by atoms with van der Waals surface area (Å²) < 4.78 is 39.4. The molecule has 1 fully saturated rings. The first kappa shape index (κ1) is 23.3. The molecule has 1 aliphatic rings. The number of ether oxygens (including phenoxy) is 1. The third kappa shape index (κ3) is 5.64. The second-order valence-corrected chi connectivity index (χ2v) is 7.27. The summed E-state index contributed by atoms with van der Waals surface area (Å²) in [6.45, 7) is 2.03. The molecule has 1 saturated heterocycles. The van der Waals surface area contributed by atoms with Gasteiger partial charge < -0.3 is 19.7 Å². The van der Waals surface area contributed by atoms with Crippen molar-refractivity contribution < 1.29 is 27.8 Å². The highest BCUT2D eigenvalue weighted by Crippen LogP contribution is 2.28. The lowest BCUT2D eigenvalue weighted by atomic mass is 10.0. The Morgan fingerprint density at radius 3 is 2.38 bits per heavy atom. The highest BCUT2D eigenvalue weighted by atomic mass is 19.4. The summed E-state index contributed by atoms with van der Waals surface area (Å²) in [5, 5.41) is 12.0. The number of aliphatic carboxylic acids is 1. The third-order valence-electron chi connectivity index (χ3n) is 4.98. The molecule has 0 atom stereocenters. The molecule has 0 amide bonds. The van der Waals surface area contributed by atoms with Gasteiger partial charge in [0.25, 0.3) is 5.56 Å². The van der Waals surface area contributed by atoms with Crippen LogP contribution in [0.15, 0.2) is 53.7 Å². The predicted octanol–water partition coefficient (Wildman–Crippen LogP) is 3.36. The number of hydrogen-bond donors (Lipinski definition) is 2. The lowest BCUT2D eigenvalue weighted by Gasteiger charge is -2.23. The van der Waals surface area contributed by atoms with Gasteiger partial charge in [-0.3, -0.25) is 9.78 Å². The number of nitrogens with one attached hydrogen (secondary N) is 1. The maximum absolute atomic E-state index is 12.3. The highest BCUT2D eigenvalue weighted by molar-refractivity contribution is 5.95. The lowest BCUT2D eigenvalue weighted by Crippen LogP contribution is -2.34. The number of carbonyl (C=O) groups is 1. The Balaban J connectivity index is 0.000000360. The molecule has 0 bridgehead atoms. The van der Waals surface area contributed by atoms with E-state index < -0.39 is 12.1 Å². The molecular formula is C22H22F3N3O4. The number of carboxylic acids is 1. The van der Waals surface area contributed by atoms with E-state index in [-0.39, 0.29) is 11.7 Å². The molecule has 0 aliphatic carbocycles. The lowest BCUT2D eigenvalue weighted by molar-refractivity contribution is -0.192. The fourth-order valence-electron chi connectivity index (χ4n) is 3.36. The maximum Gasteiger partial charge on any atom is 0.490 e. The summed E-state index contributed by atoms with van der Waals surface area (Å²) in [6.07, 6.45) is 2.53. The molecule has 3 heterocycles. The molecule has 10 heteroatoms. The van der Waals surface area contributed by atoms with Crippen molar-refractivity contribution in [1.82, 2.24) is 14.9 Å². The Labute approximate surface area is 181 Å². The van der Waals surface area contributed by atoms with E-state index in [1.54, 1.807) is 24.0 Å². The van der Waals surface area contributed by atoms with Crippen LogP contribution in [-0.4, -0.2) is 46.0 Å². The van der Waals surface area contributed by atoms with Crippen molar-refractivity contribution >= 4 is 16.7 Å². The van der Waals surface area contributed by atoms with Gasteiger partial charge in [0.05, 0.1) is 5.39 Å². The van der Waals surface area contributed by atoms with Gasteiger partial charge in [-0.15, -0.1) is 0 Å². The molecule has 1 aromatic carbocycles. The van der Waals surface area contributed by atoms with E-state index in [0.717, 1.165) is 48.2 Å². The summed E-state index contributed by atoms with van der Waals surface area (Å²) in [5.74, 6) is -1.86. The number of fused-ring (bicyclic) bond motifs is 1. The third-order valence-corrected chi connectivity index (χ3v) is 4.98. The number of rotatable bonds is 3. The molecule has 2 N–H and O–H groups in total. The largest absolute Gasteiger partial charge is 0.490 e. The van der Waals surface area contributed by atoms with Gasteiger partial charge in [-0.1, -0.05) is 12.1 Å². The molecule has 170 valence electrons. The number of aromatic nitrogens is 2. The monoisotopic (exact) mass is 449 g/mol. The summed E-state index contributed by atoms with van der Waals surface area (Å²) in [6, 6.07) is 10.0. The molecular weight excluding hydrogens is 427 g/mol. The van der Waals surface area contributed by atoms with Gasteiger partial charge in [0.1, 0.15) is 11.9 Å². The molecule has 32 heavy (non-hydrogen) atoms. The summed E-state index contributed by atoms with van der Waals surface area (Å²) >= 11 is 0. The van der Waals surface area contributed by atoms with Crippen molar-refractivity contribution in [3.05, 3.63) is 59.3 Å². The van der Waals surface area contributed by atoms with Crippen LogP contribution in [-0.2, 0) is 11.8 Å². The smallest absolute Gasteiger partial charge is 0.490 e. The minimum Gasteiger partial charge on any atom is -0.490 e. The van der Waals surface area contributed by atoms with Crippen LogP contribution >= 0.6 is 0 Å². The van der Waals surface area contributed by atoms with Crippen molar-refractivity contribution in [2.75, 3.05) is 13.1 Å². The fraction of sp³-hybridized carbons (Fsp3) is 0.318. The minimum absolute atomic E-state index is 0.0299. The average Bonchev–Trinajstić information content (AvgIpc) is 2.77. The Morgan fingerprint density at radius 2 is 1.78 bits per heavy atom. The van der Waals surface area contributed by atoms with Crippen LogP contribution in [0.25, 0.3) is 21.9 Å². The fourth-order valence-corrected chi connectivity index (χ4v) is 3.36. The second-order valence-electron chi connectivity index (χ2n) is 7.27. The topological polar surface area (TPSA) is 93.5 Å². The molecule has 1 aliphatic heterocycles. The standard InChI is InChI=1S/C20H21N3O2.C2HF3O2/c1-23-13-19(17-8-11-22-12-18(17)20(23)24)14-2-4-15(5-3-14)25-16-6-9-21-10-7-16;3-2(4,5)1(6)7/h2-5,8,11-13,16,21H,6-7,9-10H2,1H3;(H,6,7). The first-order valence-electron chi connectivity index (χ1n) is 9.88. The van der Waals surface area contributed by atoms with E-state index in [9.17, 15) is 18.0 Å². The van der Waals surface area contributed by atoms with Gasteiger partial charge in [-0.25, -0.2) is 4.79 Å². The second kappa shape index (κ2) is 9.82. The zero-order valence-electron chi connectivity index (χ0n) is 17.2. The number of pyridine rings is 2. The van der Waals surface area contributed by atoms with E-state index in [0.29, 0.717) is 5.39 Å². The number of halogens is 3. The molecule has 2 aromatic heterocycles. The first-order valence-corrected chi connectivity index (χ1v) is 9.88. The van der Waals surface area contributed by atoms with Crippen molar-refractivity contribution in [3.8, 4) is 16.9 Å². The molecule has 0 unspecified atom stereocenters. The number of hydrogen-bond acceptors (Lipinski definition) is 5. The van der Waals surface area contributed by atoms with E-state index in [1.807, 2.05) is 24.4 Å². The Kier molecular flexibility index (Phi) is 7.14. The molecule has 3 aromatic rings. The number of alkyl halides is 3. The zero-order chi connectivity index (χ0) is 23.3. The van der Waals surface area contributed by atoms with Crippen LogP contribution in [0.5, 0.6) is 5.75 Å². The van der Waals surface area contributed by atoms with Crippen molar-refractivity contribution in [2.24, 2.45) is 7.05 Å². The van der Waals surface area contributed by atoms with Gasteiger partial charge in [0, 0.05) is 31.2 Å². The van der Waals surface area contributed by atoms with Crippen molar-refractivity contribution in [2.45, 2.75) is 25.1 Å². The van der Waals surface area contributed by atoms with E-state index in [4.69, 9.17) is 14.6 Å². The number of benzene rings is 1. The summed E-state index contributed by atoms with van der Waals surface area (Å²) in [4.78, 5) is 25.3. The van der Waals surface area contributed by atoms with Crippen LogP contribution in [0.1, 0.15) is 12.8 Å². The molecule has 0 radical (unpaired) electrons. The van der Waals surface area contributed by atoms with Gasteiger partial charge in [0.15, 0.2) is 0 Å². The van der Waals surface area contributed by atoms with Gasteiger partial charge in [-0.2, -0.15) is 13.2 Å². The summed E-state index contributed by atoms with van der Waals surface area (Å²) in [7, 11) is 1.77. The Morgan fingerprint density at radius 1 is 1.16 bits per heavy atom. The highest BCUT2D eigenvalue weighted by Gasteiger charge is 2.38. The molecule has 7 nitrogen and oxygen atoms in total. The van der Waals surface area contributed by atoms with E-state index in [2.05, 4.69) is 22.4 Å². The average molecular weight is 449 g/mol. The maximum atomic E-state index is 12.3. The van der Waals surface area contributed by atoms with Crippen molar-refractivity contribution in [1.29, 1.82) is 0 Å². The number of aryl methyl sites for hydroxylation is 1. The zero-order valence-corrected chi connectivity index (χ0v) is 17.2. The molecule has 0 saturated carbocycles. The molecule has 4 rings (SSSR count). The van der Waals surface area contributed by atoms with E-state index in [1.165, 1.54) is 0 Å². The summed E-state index contributed by atoms with van der Waals surface area (Å²) in [5.41, 5.74) is 2.05. The number of piperidine rings is 1. The molecule has 0 spiro atoms. The van der Waals surface area contributed by atoms with Crippen LogP contribution in [0.2, 0.25) is 0 Å². The van der Waals surface area contributed by atoms with Gasteiger partial charge in [0.2, 0.25) is 0 Å². The van der Waals surface area contributed by atoms with Crippen LogP contribution < -0.4 is 15.6 Å². The number of carboxylic acid groups (broad SMARTS) is 1. The SMILES string of the molecule is Cn1cc(-c2ccc(OC3CCNCC3)cc2)c2ccncc2c1=O.O=C(O)C(F)(F)F. The van der Waals surface area contributed by atoms with Crippen LogP contribution in [0.3, 0.4) is 0 Å². The van der Waals surface area contributed by atoms with E-state index >= 15 is 0 Å². The first-order chi connectivity index (χ1) is 15.2. The minimum atomic E-state index is -5.08. The normalized spacial score (nSPS) is 14.5. The Hall–Kier alpha value is -3.40. The quantitative estimate of drug-likeness (QED) is 0.637.